The second-order valence-corrected chi connectivity index (χ2v) is 5.47. The van der Waals surface area contributed by atoms with Gasteiger partial charge in [-0.15, -0.1) is 0 Å². The number of aromatic amines is 1. The number of H-pyrrole nitrogens is 1. The van der Waals surface area contributed by atoms with Gasteiger partial charge in [-0.3, -0.25) is 5.10 Å². The van der Waals surface area contributed by atoms with Crippen molar-refractivity contribution in [1.29, 1.82) is 0 Å². The van der Waals surface area contributed by atoms with Crippen molar-refractivity contribution in [3.63, 3.8) is 0 Å². The van der Waals surface area contributed by atoms with Crippen molar-refractivity contribution in [2.45, 2.75) is 12.8 Å². The molecule has 0 atom stereocenters. The van der Waals surface area contributed by atoms with Crippen LogP contribution in [0.15, 0.2) is 48.5 Å². The van der Waals surface area contributed by atoms with Crippen molar-refractivity contribution in [3.05, 3.63) is 64.7 Å². The second kappa shape index (κ2) is 4.50. The third-order valence-corrected chi connectivity index (χ3v) is 4.26. The predicted molar refractivity (Wildman–Crippen MR) is 81.9 cm³/mol. The van der Waals surface area contributed by atoms with Crippen LogP contribution in [-0.4, -0.2) is 10.2 Å². The van der Waals surface area contributed by atoms with Crippen LogP contribution in [0.5, 0.6) is 0 Å². The summed E-state index contributed by atoms with van der Waals surface area (Å²) in [6.45, 7) is 0. The lowest BCUT2D eigenvalue weighted by Crippen LogP contribution is -2.03. The zero-order valence-corrected chi connectivity index (χ0v) is 11.6. The molecule has 0 unspecified atom stereocenters. The van der Waals surface area contributed by atoms with Crippen molar-refractivity contribution in [2.24, 2.45) is 0 Å². The van der Waals surface area contributed by atoms with Gasteiger partial charge in [-0.05, 0) is 24.5 Å². The molecule has 20 heavy (non-hydrogen) atoms. The van der Waals surface area contributed by atoms with E-state index >= 15 is 0 Å². The van der Waals surface area contributed by atoms with Gasteiger partial charge in [0.05, 0.1) is 11.4 Å². The van der Waals surface area contributed by atoms with Gasteiger partial charge in [0.15, 0.2) is 0 Å². The van der Waals surface area contributed by atoms with Gasteiger partial charge < -0.3 is 0 Å². The minimum absolute atomic E-state index is 0.762. The molecule has 3 aromatic rings. The van der Waals surface area contributed by atoms with Crippen LogP contribution in [0.25, 0.3) is 22.5 Å². The Morgan fingerprint density at radius 2 is 1.65 bits per heavy atom. The lowest BCUT2D eigenvalue weighted by atomic mass is 9.88. The minimum Gasteiger partial charge on any atom is -0.277 e. The highest BCUT2D eigenvalue weighted by Gasteiger charge is 2.22. The molecule has 1 aliphatic rings. The first-order valence-corrected chi connectivity index (χ1v) is 7.13. The van der Waals surface area contributed by atoms with Crippen molar-refractivity contribution in [1.82, 2.24) is 10.2 Å². The highest BCUT2D eigenvalue weighted by atomic mass is 35.5. The monoisotopic (exact) mass is 280 g/mol. The van der Waals surface area contributed by atoms with Crippen molar-refractivity contribution in [2.75, 3.05) is 0 Å². The molecular weight excluding hydrogens is 268 g/mol. The number of nitrogens with one attached hydrogen (secondary N) is 1. The molecule has 2 aromatic carbocycles. The molecule has 98 valence electrons. The summed E-state index contributed by atoms with van der Waals surface area (Å²) in [5.41, 5.74) is 7.04. The Kier molecular flexibility index (Phi) is 2.64. The maximum Gasteiger partial charge on any atom is 0.0962 e. The summed E-state index contributed by atoms with van der Waals surface area (Å²) < 4.78 is 0. The largest absolute Gasteiger partial charge is 0.277 e. The number of hydrogen-bond acceptors (Lipinski definition) is 1. The summed E-state index contributed by atoms with van der Waals surface area (Å²) in [4.78, 5) is 0. The van der Waals surface area contributed by atoms with E-state index < -0.39 is 0 Å². The zero-order valence-electron chi connectivity index (χ0n) is 10.9. The third kappa shape index (κ3) is 1.69. The molecule has 2 nitrogen and oxygen atoms in total. The quantitative estimate of drug-likeness (QED) is 0.699. The van der Waals surface area contributed by atoms with E-state index in [0.717, 1.165) is 34.8 Å². The Morgan fingerprint density at radius 3 is 2.50 bits per heavy atom. The van der Waals surface area contributed by atoms with Gasteiger partial charge in [0.2, 0.25) is 0 Å². The molecule has 1 N–H and O–H groups in total. The lowest BCUT2D eigenvalue weighted by molar-refractivity contribution is 0.943. The average Bonchev–Trinajstić information content (AvgIpc) is 2.92. The maximum absolute atomic E-state index is 6.31. The summed E-state index contributed by atoms with van der Waals surface area (Å²) in [7, 11) is 0. The van der Waals surface area contributed by atoms with Crippen molar-refractivity contribution in [3.8, 4) is 22.5 Å². The molecule has 4 rings (SSSR count). The van der Waals surface area contributed by atoms with Crippen molar-refractivity contribution >= 4 is 11.6 Å². The van der Waals surface area contributed by atoms with Gasteiger partial charge in [0.1, 0.15) is 0 Å². The van der Waals surface area contributed by atoms with E-state index in [1.165, 1.54) is 16.7 Å². The fourth-order valence-electron chi connectivity index (χ4n) is 2.95. The summed E-state index contributed by atoms with van der Waals surface area (Å²) in [6, 6.07) is 16.4. The van der Waals surface area contributed by atoms with E-state index in [-0.39, 0.29) is 0 Å². The van der Waals surface area contributed by atoms with Gasteiger partial charge in [-0.1, -0.05) is 54.1 Å². The second-order valence-electron chi connectivity index (χ2n) is 5.06. The molecule has 3 heteroatoms. The van der Waals surface area contributed by atoms with Gasteiger partial charge in [-0.2, -0.15) is 5.10 Å². The Bertz CT molecular complexity index is 789. The van der Waals surface area contributed by atoms with Crippen LogP contribution in [0.2, 0.25) is 5.02 Å². The number of nitrogens with zero attached hydrogens (tertiary/aromatic N) is 1. The molecule has 0 saturated heterocycles. The zero-order chi connectivity index (χ0) is 13.5. The normalized spacial score (nSPS) is 12.8. The molecule has 1 aromatic heterocycles. The molecule has 1 aliphatic carbocycles. The smallest absolute Gasteiger partial charge is 0.0962 e. The molecular formula is C17H13ClN2. The first kappa shape index (κ1) is 11.7. The first-order valence-electron chi connectivity index (χ1n) is 6.75. The number of benzene rings is 2. The number of hydrogen-bond donors (Lipinski definition) is 1. The average molecular weight is 281 g/mol. The van der Waals surface area contributed by atoms with Crippen LogP contribution >= 0.6 is 11.6 Å². The highest BCUT2D eigenvalue weighted by Crippen LogP contribution is 2.38. The van der Waals surface area contributed by atoms with E-state index in [9.17, 15) is 0 Å². The van der Waals surface area contributed by atoms with Crippen LogP contribution in [-0.2, 0) is 12.8 Å². The fraction of sp³-hybridized carbons (Fsp3) is 0.118. The molecule has 1 heterocycles. The number of halogens is 1. The molecule has 0 bridgehead atoms. The number of rotatable bonds is 1. The standard InChI is InChI=1S/C17H13ClN2/c18-15-8-4-3-7-13(15)17-14-10-9-11-5-1-2-6-12(11)16(14)19-20-17/h1-8H,9-10H2,(H,19,20). The van der Waals surface area contributed by atoms with Gasteiger partial charge in [-0.25, -0.2) is 0 Å². The Hall–Kier alpha value is -2.06. The molecule has 0 amide bonds. The summed E-state index contributed by atoms with van der Waals surface area (Å²) in [5.74, 6) is 0. The van der Waals surface area contributed by atoms with Crippen LogP contribution in [0, 0.1) is 0 Å². The van der Waals surface area contributed by atoms with Crippen LogP contribution in [0.1, 0.15) is 11.1 Å². The van der Waals surface area contributed by atoms with Gasteiger partial charge >= 0.3 is 0 Å². The topological polar surface area (TPSA) is 28.7 Å². The maximum atomic E-state index is 6.31. The SMILES string of the molecule is Clc1ccccc1-c1[nH]nc2c1CCc1ccccc1-2. The molecule has 0 saturated carbocycles. The number of fused-ring (bicyclic) bond motifs is 3. The van der Waals surface area contributed by atoms with Crippen LogP contribution in [0.4, 0.5) is 0 Å². The summed E-state index contributed by atoms with van der Waals surface area (Å²) in [6.07, 6.45) is 2.06. The van der Waals surface area contributed by atoms with E-state index in [1.54, 1.807) is 0 Å². The number of aryl methyl sites for hydroxylation is 1. The Balaban J connectivity index is 1.92. The Morgan fingerprint density at radius 1 is 0.900 bits per heavy atom. The Labute approximate surface area is 122 Å². The van der Waals surface area contributed by atoms with E-state index in [1.807, 2.05) is 24.3 Å². The fourth-order valence-corrected chi connectivity index (χ4v) is 3.18. The first-order chi connectivity index (χ1) is 9.84. The van der Waals surface area contributed by atoms with Crippen LogP contribution < -0.4 is 0 Å². The third-order valence-electron chi connectivity index (χ3n) is 3.93. The van der Waals surface area contributed by atoms with E-state index in [4.69, 9.17) is 11.6 Å². The molecule has 0 radical (unpaired) electrons. The molecule has 0 fully saturated rings. The highest BCUT2D eigenvalue weighted by molar-refractivity contribution is 6.33. The predicted octanol–water partition coefficient (Wildman–Crippen LogP) is 4.50. The summed E-state index contributed by atoms with van der Waals surface area (Å²) in [5, 5.41) is 8.47. The van der Waals surface area contributed by atoms with Gasteiger partial charge in [0, 0.05) is 21.7 Å². The molecule has 0 aliphatic heterocycles. The van der Waals surface area contributed by atoms with Crippen LogP contribution in [0.3, 0.4) is 0 Å². The molecule has 0 spiro atoms. The van der Waals surface area contributed by atoms with Crippen molar-refractivity contribution < 1.29 is 0 Å². The minimum atomic E-state index is 0.762. The van der Waals surface area contributed by atoms with E-state index in [0.29, 0.717) is 0 Å². The van der Waals surface area contributed by atoms with E-state index in [2.05, 4.69) is 34.5 Å². The van der Waals surface area contributed by atoms with Gasteiger partial charge in [0.25, 0.3) is 0 Å². The summed E-state index contributed by atoms with van der Waals surface area (Å²) >= 11 is 6.31. The number of aromatic nitrogens is 2. The lowest BCUT2D eigenvalue weighted by Gasteiger charge is -2.16.